The number of methoxy groups -OCH3 is 2. The number of hydrogen-bond donors (Lipinski definition) is 0. The second kappa shape index (κ2) is 7.60. The van der Waals surface area contributed by atoms with Crippen LogP contribution in [-0.4, -0.2) is 30.4 Å². The molecule has 0 radical (unpaired) electrons. The highest BCUT2D eigenvalue weighted by Gasteiger charge is 2.12. The average molecular weight is 354 g/mol. The molecule has 0 aliphatic heterocycles. The van der Waals surface area contributed by atoms with Crippen molar-refractivity contribution >= 4 is 5.97 Å². The first-order chi connectivity index (χ1) is 12.6. The minimum absolute atomic E-state index is 0.0171. The lowest BCUT2D eigenvalue weighted by atomic mass is 10.1. The van der Waals surface area contributed by atoms with Gasteiger partial charge in [-0.3, -0.25) is 0 Å². The number of benzene rings is 2. The van der Waals surface area contributed by atoms with E-state index in [1.165, 1.54) is 24.3 Å². The van der Waals surface area contributed by atoms with E-state index in [4.69, 9.17) is 14.2 Å². The highest BCUT2D eigenvalue weighted by Crippen LogP contribution is 2.31. The fraction of sp³-hybridized carbons (Fsp3) is 0.105. The van der Waals surface area contributed by atoms with Crippen molar-refractivity contribution < 1.29 is 23.4 Å². The minimum Gasteiger partial charge on any atom is -0.493 e. The van der Waals surface area contributed by atoms with Gasteiger partial charge in [0.1, 0.15) is 5.82 Å². The van der Waals surface area contributed by atoms with Gasteiger partial charge in [-0.15, -0.1) is 10.2 Å². The lowest BCUT2D eigenvalue weighted by molar-refractivity contribution is 0.0725. The topological polar surface area (TPSA) is 70.5 Å². The van der Waals surface area contributed by atoms with Crippen molar-refractivity contribution in [2.45, 2.75) is 0 Å². The van der Waals surface area contributed by atoms with Crippen molar-refractivity contribution in [3.05, 3.63) is 66.0 Å². The molecule has 0 amide bonds. The number of carbonyl (C=O) groups is 1. The molecule has 7 heteroatoms. The van der Waals surface area contributed by atoms with Crippen molar-refractivity contribution in [1.82, 2.24) is 10.2 Å². The largest absolute Gasteiger partial charge is 0.493 e. The Labute approximate surface area is 149 Å². The number of hydrogen-bond acceptors (Lipinski definition) is 6. The van der Waals surface area contributed by atoms with Crippen LogP contribution in [0.25, 0.3) is 11.3 Å². The summed E-state index contributed by atoms with van der Waals surface area (Å²) in [4.78, 5) is 12.0. The number of ether oxygens (including phenoxy) is 3. The Morgan fingerprint density at radius 3 is 2.38 bits per heavy atom. The molecule has 0 aliphatic rings. The maximum Gasteiger partial charge on any atom is 0.345 e. The molecule has 0 fully saturated rings. The predicted molar refractivity (Wildman–Crippen MR) is 91.9 cm³/mol. The van der Waals surface area contributed by atoms with Crippen LogP contribution in [0, 0.1) is 5.82 Å². The number of esters is 1. The number of aromatic nitrogens is 2. The molecular weight excluding hydrogens is 339 g/mol. The normalized spacial score (nSPS) is 10.3. The molecular formula is C19H15FN2O4. The summed E-state index contributed by atoms with van der Waals surface area (Å²) in [5.74, 6) is -0.0475. The zero-order valence-corrected chi connectivity index (χ0v) is 14.1. The molecule has 0 bridgehead atoms. The maximum atomic E-state index is 13.2. The lowest BCUT2D eigenvalue weighted by Crippen LogP contribution is -2.10. The third kappa shape index (κ3) is 3.77. The summed E-state index contributed by atoms with van der Waals surface area (Å²) in [5.41, 5.74) is 1.42. The molecule has 1 heterocycles. The summed E-state index contributed by atoms with van der Waals surface area (Å²) in [7, 11) is 3.10. The van der Waals surface area contributed by atoms with Crippen molar-refractivity contribution in [2.24, 2.45) is 0 Å². The molecule has 26 heavy (non-hydrogen) atoms. The highest BCUT2D eigenvalue weighted by atomic mass is 19.1. The molecule has 0 spiro atoms. The highest BCUT2D eigenvalue weighted by molar-refractivity contribution is 5.90. The van der Waals surface area contributed by atoms with Gasteiger partial charge in [0.15, 0.2) is 11.5 Å². The Kier molecular flexibility index (Phi) is 5.07. The zero-order valence-electron chi connectivity index (χ0n) is 14.1. The summed E-state index contributed by atoms with van der Waals surface area (Å²) < 4.78 is 28.7. The molecule has 3 aromatic rings. The Bertz CT molecular complexity index is 929. The number of halogens is 1. The van der Waals surface area contributed by atoms with Gasteiger partial charge in [0.25, 0.3) is 0 Å². The average Bonchev–Trinajstić information content (AvgIpc) is 2.68. The molecule has 2 aromatic carbocycles. The van der Waals surface area contributed by atoms with Crippen LogP contribution in [-0.2, 0) is 0 Å². The molecule has 1 aromatic heterocycles. The second-order valence-corrected chi connectivity index (χ2v) is 5.23. The van der Waals surface area contributed by atoms with Gasteiger partial charge in [-0.2, -0.15) is 0 Å². The third-order valence-corrected chi connectivity index (χ3v) is 3.58. The molecule has 0 saturated carbocycles. The predicted octanol–water partition coefficient (Wildman–Crippen LogP) is 3.52. The van der Waals surface area contributed by atoms with E-state index < -0.39 is 11.8 Å². The van der Waals surface area contributed by atoms with Gasteiger partial charge >= 0.3 is 5.97 Å². The van der Waals surface area contributed by atoms with Crippen molar-refractivity contribution in [3.63, 3.8) is 0 Å². The van der Waals surface area contributed by atoms with Gasteiger partial charge in [-0.05, 0) is 42.5 Å². The molecule has 132 valence electrons. The first-order valence-electron chi connectivity index (χ1n) is 7.64. The van der Waals surface area contributed by atoms with Crippen LogP contribution < -0.4 is 14.2 Å². The summed E-state index contributed by atoms with van der Waals surface area (Å²) in [5, 5.41) is 7.93. The van der Waals surface area contributed by atoms with Crippen LogP contribution in [0.5, 0.6) is 17.4 Å². The van der Waals surface area contributed by atoms with Gasteiger partial charge in [0, 0.05) is 11.6 Å². The van der Waals surface area contributed by atoms with Crippen molar-refractivity contribution in [3.8, 4) is 28.6 Å². The standard InChI is InChI=1S/C19H15FN2O4/c1-24-16-8-6-12(11-17(16)25-2)15-7-9-18(22-21-15)26-19(23)13-4-3-5-14(20)10-13/h3-11H,1-2H3. The van der Waals surface area contributed by atoms with Gasteiger partial charge < -0.3 is 14.2 Å². The van der Waals surface area contributed by atoms with E-state index in [2.05, 4.69) is 10.2 Å². The van der Waals surface area contributed by atoms with Gasteiger partial charge in [0.2, 0.25) is 5.88 Å². The van der Waals surface area contributed by atoms with Crippen molar-refractivity contribution in [2.75, 3.05) is 14.2 Å². The van der Waals surface area contributed by atoms with E-state index in [-0.39, 0.29) is 11.4 Å². The molecule has 0 saturated heterocycles. The first-order valence-corrected chi connectivity index (χ1v) is 7.64. The summed E-state index contributed by atoms with van der Waals surface area (Å²) in [6, 6.07) is 13.7. The van der Waals surface area contributed by atoms with E-state index in [1.54, 1.807) is 32.4 Å². The van der Waals surface area contributed by atoms with E-state index in [1.807, 2.05) is 6.07 Å². The molecule has 6 nitrogen and oxygen atoms in total. The zero-order chi connectivity index (χ0) is 18.5. The van der Waals surface area contributed by atoms with E-state index in [0.29, 0.717) is 17.2 Å². The molecule has 0 aliphatic carbocycles. The number of carbonyl (C=O) groups excluding carboxylic acids is 1. The Hall–Kier alpha value is -3.48. The van der Waals surface area contributed by atoms with Gasteiger partial charge in [-0.25, -0.2) is 9.18 Å². The summed E-state index contributed by atoms with van der Waals surface area (Å²) in [6.07, 6.45) is 0. The SMILES string of the molecule is COc1ccc(-c2ccc(OC(=O)c3cccc(F)c3)nn2)cc1OC. The first kappa shape index (κ1) is 17.3. The van der Waals surface area contributed by atoms with Crippen LogP contribution in [0.15, 0.2) is 54.6 Å². The van der Waals surface area contributed by atoms with Crippen molar-refractivity contribution in [1.29, 1.82) is 0 Å². The smallest absolute Gasteiger partial charge is 0.345 e. The minimum atomic E-state index is -0.710. The number of rotatable bonds is 5. The number of nitrogens with zero attached hydrogens (tertiary/aromatic N) is 2. The fourth-order valence-corrected chi connectivity index (χ4v) is 2.29. The molecule has 3 rings (SSSR count). The van der Waals surface area contributed by atoms with E-state index in [0.717, 1.165) is 11.6 Å². The van der Waals surface area contributed by atoms with Crippen LogP contribution in [0.4, 0.5) is 4.39 Å². The van der Waals surface area contributed by atoms with Gasteiger partial charge in [-0.1, -0.05) is 6.07 Å². The molecule has 0 atom stereocenters. The van der Waals surface area contributed by atoms with E-state index >= 15 is 0 Å². The quantitative estimate of drug-likeness (QED) is 0.653. The Morgan fingerprint density at radius 1 is 0.923 bits per heavy atom. The maximum absolute atomic E-state index is 13.2. The van der Waals surface area contributed by atoms with Crippen LogP contribution in [0.2, 0.25) is 0 Å². The third-order valence-electron chi connectivity index (χ3n) is 3.58. The Morgan fingerprint density at radius 2 is 1.73 bits per heavy atom. The Balaban J connectivity index is 1.77. The molecule has 0 N–H and O–H groups in total. The van der Waals surface area contributed by atoms with Crippen LogP contribution in [0.3, 0.4) is 0 Å². The lowest BCUT2D eigenvalue weighted by Gasteiger charge is -2.09. The summed E-state index contributed by atoms with van der Waals surface area (Å²) >= 11 is 0. The second-order valence-electron chi connectivity index (χ2n) is 5.23. The monoisotopic (exact) mass is 354 g/mol. The summed E-state index contributed by atoms with van der Waals surface area (Å²) in [6.45, 7) is 0. The van der Waals surface area contributed by atoms with E-state index in [9.17, 15) is 9.18 Å². The molecule has 0 unspecified atom stereocenters. The van der Waals surface area contributed by atoms with Crippen LogP contribution >= 0.6 is 0 Å². The van der Waals surface area contributed by atoms with Crippen LogP contribution in [0.1, 0.15) is 10.4 Å². The van der Waals surface area contributed by atoms with Gasteiger partial charge in [0.05, 0.1) is 25.5 Å². The fourth-order valence-electron chi connectivity index (χ4n) is 2.29.